The van der Waals surface area contributed by atoms with Crippen LogP contribution in [0.4, 0.5) is 5.69 Å². The molecule has 0 spiro atoms. The number of carbonyl (C=O) groups is 1. The van der Waals surface area contributed by atoms with E-state index in [1.165, 1.54) is 0 Å². The standard InChI is InChI=1S/C19H22N2O4/c1-3-20-12-13-5-4-6-15(9-13)21-19(22)14-10-16(23-2)18-17(11-14)24-7-8-25-18/h4-6,9-11,20H,3,7-8,12H2,1-2H3,(H,21,22). The zero-order chi connectivity index (χ0) is 17.6. The van der Waals surface area contributed by atoms with Crippen LogP contribution in [0.15, 0.2) is 36.4 Å². The van der Waals surface area contributed by atoms with E-state index in [0.717, 1.165) is 24.3 Å². The number of amides is 1. The van der Waals surface area contributed by atoms with Crippen LogP contribution >= 0.6 is 0 Å². The molecule has 25 heavy (non-hydrogen) atoms. The molecule has 0 radical (unpaired) electrons. The van der Waals surface area contributed by atoms with Crippen LogP contribution in [0, 0.1) is 0 Å². The van der Waals surface area contributed by atoms with E-state index in [0.29, 0.717) is 36.0 Å². The van der Waals surface area contributed by atoms with Crippen molar-refractivity contribution in [1.29, 1.82) is 0 Å². The molecule has 1 heterocycles. The van der Waals surface area contributed by atoms with E-state index in [-0.39, 0.29) is 5.91 Å². The number of fused-ring (bicyclic) bond motifs is 1. The molecule has 0 fully saturated rings. The zero-order valence-corrected chi connectivity index (χ0v) is 14.4. The number of methoxy groups -OCH3 is 1. The molecule has 2 aromatic rings. The minimum atomic E-state index is -0.226. The summed E-state index contributed by atoms with van der Waals surface area (Å²) in [5.74, 6) is 1.33. The molecule has 0 unspecified atom stereocenters. The Kier molecular flexibility index (Phi) is 5.40. The van der Waals surface area contributed by atoms with Gasteiger partial charge in [0.05, 0.1) is 7.11 Å². The normalized spacial score (nSPS) is 12.6. The first-order valence-electron chi connectivity index (χ1n) is 8.30. The van der Waals surface area contributed by atoms with Crippen LogP contribution in [0.5, 0.6) is 17.2 Å². The van der Waals surface area contributed by atoms with Crippen LogP contribution in [0.25, 0.3) is 0 Å². The summed E-state index contributed by atoms with van der Waals surface area (Å²) in [5, 5.41) is 6.18. The summed E-state index contributed by atoms with van der Waals surface area (Å²) in [6.45, 7) is 4.63. The molecule has 1 amide bonds. The minimum Gasteiger partial charge on any atom is -0.493 e. The molecule has 0 atom stereocenters. The van der Waals surface area contributed by atoms with Crippen molar-refractivity contribution in [3.63, 3.8) is 0 Å². The SMILES string of the molecule is CCNCc1cccc(NC(=O)c2cc(OC)c3c(c2)OCCO3)c1. The Labute approximate surface area is 147 Å². The molecule has 2 N–H and O–H groups in total. The van der Waals surface area contributed by atoms with E-state index in [9.17, 15) is 4.79 Å². The first-order valence-corrected chi connectivity index (χ1v) is 8.30. The van der Waals surface area contributed by atoms with Gasteiger partial charge in [0, 0.05) is 17.8 Å². The van der Waals surface area contributed by atoms with Gasteiger partial charge in [-0.3, -0.25) is 4.79 Å². The molecule has 1 aliphatic heterocycles. The fourth-order valence-corrected chi connectivity index (χ4v) is 2.64. The maximum Gasteiger partial charge on any atom is 0.255 e. The number of anilines is 1. The van der Waals surface area contributed by atoms with Crippen LogP contribution in [-0.2, 0) is 6.54 Å². The molecule has 3 rings (SSSR count). The van der Waals surface area contributed by atoms with Crippen molar-refractivity contribution in [3.05, 3.63) is 47.5 Å². The second-order valence-corrected chi connectivity index (χ2v) is 5.64. The second-order valence-electron chi connectivity index (χ2n) is 5.64. The summed E-state index contributed by atoms with van der Waals surface area (Å²) in [4.78, 5) is 12.6. The lowest BCUT2D eigenvalue weighted by atomic mass is 10.1. The van der Waals surface area contributed by atoms with Gasteiger partial charge in [-0.25, -0.2) is 0 Å². The van der Waals surface area contributed by atoms with E-state index >= 15 is 0 Å². The maximum absolute atomic E-state index is 12.6. The molecule has 0 bridgehead atoms. The molecule has 0 aromatic heterocycles. The van der Waals surface area contributed by atoms with Crippen molar-refractivity contribution in [3.8, 4) is 17.2 Å². The quantitative estimate of drug-likeness (QED) is 0.845. The smallest absolute Gasteiger partial charge is 0.255 e. The Morgan fingerprint density at radius 3 is 2.84 bits per heavy atom. The van der Waals surface area contributed by atoms with Crippen LogP contribution < -0.4 is 24.8 Å². The van der Waals surface area contributed by atoms with Crippen molar-refractivity contribution in [1.82, 2.24) is 5.32 Å². The molecule has 6 nitrogen and oxygen atoms in total. The van der Waals surface area contributed by atoms with Gasteiger partial charge in [-0.15, -0.1) is 0 Å². The highest BCUT2D eigenvalue weighted by Crippen LogP contribution is 2.40. The highest BCUT2D eigenvalue weighted by atomic mass is 16.6. The average Bonchev–Trinajstić information content (AvgIpc) is 2.65. The van der Waals surface area contributed by atoms with Crippen molar-refractivity contribution >= 4 is 11.6 Å². The van der Waals surface area contributed by atoms with Crippen molar-refractivity contribution < 1.29 is 19.0 Å². The lowest BCUT2D eigenvalue weighted by Crippen LogP contribution is -2.18. The molecule has 132 valence electrons. The number of ether oxygens (including phenoxy) is 3. The van der Waals surface area contributed by atoms with Crippen molar-refractivity contribution in [2.24, 2.45) is 0 Å². The Morgan fingerprint density at radius 1 is 1.20 bits per heavy atom. The number of nitrogens with one attached hydrogen (secondary N) is 2. The first kappa shape index (κ1) is 17.1. The van der Waals surface area contributed by atoms with Gasteiger partial charge in [-0.2, -0.15) is 0 Å². The molecule has 0 aliphatic carbocycles. The van der Waals surface area contributed by atoms with Gasteiger partial charge in [0.2, 0.25) is 5.75 Å². The third kappa shape index (κ3) is 4.03. The number of carbonyl (C=O) groups excluding carboxylic acids is 1. The maximum atomic E-state index is 12.6. The fraction of sp³-hybridized carbons (Fsp3) is 0.316. The Morgan fingerprint density at radius 2 is 2.04 bits per heavy atom. The number of benzene rings is 2. The molecule has 0 saturated carbocycles. The summed E-state index contributed by atoms with van der Waals surface area (Å²) in [5.41, 5.74) is 2.31. The zero-order valence-electron chi connectivity index (χ0n) is 14.4. The van der Waals surface area contributed by atoms with Gasteiger partial charge in [0.15, 0.2) is 11.5 Å². The molecule has 1 aliphatic rings. The van der Waals surface area contributed by atoms with Crippen LogP contribution in [0.2, 0.25) is 0 Å². The third-order valence-corrected chi connectivity index (χ3v) is 3.85. The van der Waals surface area contributed by atoms with Crippen molar-refractivity contribution in [2.45, 2.75) is 13.5 Å². The summed E-state index contributed by atoms with van der Waals surface area (Å²) >= 11 is 0. The highest BCUT2D eigenvalue weighted by Gasteiger charge is 2.21. The lowest BCUT2D eigenvalue weighted by Gasteiger charge is -2.21. The Hall–Kier alpha value is -2.73. The summed E-state index contributed by atoms with van der Waals surface area (Å²) in [6.07, 6.45) is 0. The number of rotatable bonds is 6. The van der Waals surface area contributed by atoms with Gasteiger partial charge in [-0.1, -0.05) is 19.1 Å². The number of hydrogen-bond acceptors (Lipinski definition) is 5. The van der Waals surface area contributed by atoms with E-state index in [1.807, 2.05) is 24.3 Å². The van der Waals surface area contributed by atoms with Gasteiger partial charge >= 0.3 is 0 Å². The lowest BCUT2D eigenvalue weighted by molar-refractivity contribution is 0.102. The summed E-state index contributed by atoms with van der Waals surface area (Å²) in [7, 11) is 1.54. The predicted molar refractivity (Wildman–Crippen MR) is 95.8 cm³/mol. The van der Waals surface area contributed by atoms with Crippen LogP contribution in [-0.4, -0.2) is 32.8 Å². The average molecular weight is 342 g/mol. The van der Waals surface area contributed by atoms with Crippen LogP contribution in [0.1, 0.15) is 22.8 Å². The molecular formula is C19H22N2O4. The first-order chi connectivity index (χ1) is 12.2. The van der Waals surface area contributed by atoms with Gasteiger partial charge < -0.3 is 24.8 Å². The highest BCUT2D eigenvalue weighted by molar-refractivity contribution is 6.05. The molecular weight excluding hydrogens is 320 g/mol. The Bertz CT molecular complexity index is 744. The van der Waals surface area contributed by atoms with E-state index < -0.39 is 0 Å². The topological polar surface area (TPSA) is 68.8 Å². The van der Waals surface area contributed by atoms with E-state index in [4.69, 9.17) is 14.2 Å². The van der Waals surface area contributed by atoms with E-state index in [1.54, 1.807) is 19.2 Å². The Balaban J connectivity index is 1.79. The number of hydrogen-bond donors (Lipinski definition) is 2. The van der Waals surface area contributed by atoms with Gasteiger partial charge in [-0.05, 0) is 36.4 Å². The minimum absolute atomic E-state index is 0.226. The third-order valence-electron chi connectivity index (χ3n) is 3.85. The van der Waals surface area contributed by atoms with Crippen LogP contribution in [0.3, 0.4) is 0 Å². The van der Waals surface area contributed by atoms with Crippen molar-refractivity contribution in [2.75, 3.05) is 32.2 Å². The molecule has 2 aromatic carbocycles. The molecule has 6 heteroatoms. The van der Waals surface area contributed by atoms with Gasteiger partial charge in [0.25, 0.3) is 5.91 Å². The second kappa shape index (κ2) is 7.90. The monoisotopic (exact) mass is 342 g/mol. The van der Waals surface area contributed by atoms with E-state index in [2.05, 4.69) is 17.6 Å². The van der Waals surface area contributed by atoms with Gasteiger partial charge in [0.1, 0.15) is 13.2 Å². The molecule has 0 saturated heterocycles. The predicted octanol–water partition coefficient (Wildman–Crippen LogP) is 2.83. The summed E-state index contributed by atoms with van der Waals surface area (Å²) in [6, 6.07) is 11.1. The fourth-order valence-electron chi connectivity index (χ4n) is 2.64. The summed E-state index contributed by atoms with van der Waals surface area (Å²) < 4.78 is 16.5. The largest absolute Gasteiger partial charge is 0.493 e.